The van der Waals surface area contributed by atoms with Gasteiger partial charge in [-0.05, 0) is 54.8 Å². The SMILES string of the molecule is Cc1cc(F)cc(-c2cncc3[nH]c(-c4n[nH]c5cnc(-c6cnccc6C)cc45)nc23)c1. The zero-order chi connectivity index (χ0) is 22.5. The second kappa shape index (κ2) is 7.30. The number of aromatic nitrogens is 7. The second-order valence-electron chi connectivity index (χ2n) is 8.06. The molecule has 5 aromatic heterocycles. The first-order chi connectivity index (χ1) is 16.1. The van der Waals surface area contributed by atoms with Crippen LogP contribution in [-0.4, -0.2) is 35.1 Å². The molecular formula is C25H18FN7. The molecule has 2 N–H and O–H groups in total. The molecule has 0 saturated carbocycles. The van der Waals surface area contributed by atoms with E-state index in [0.29, 0.717) is 17.0 Å². The van der Waals surface area contributed by atoms with Crippen LogP contribution in [0.1, 0.15) is 11.1 Å². The highest BCUT2D eigenvalue weighted by molar-refractivity contribution is 5.97. The van der Waals surface area contributed by atoms with Gasteiger partial charge in [0.1, 0.15) is 11.5 Å². The lowest BCUT2D eigenvalue weighted by atomic mass is 10.0. The van der Waals surface area contributed by atoms with Gasteiger partial charge in [-0.25, -0.2) is 9.37 Å². The number of nitrogens with one attached hydrogen (secondary N) is 2. The topological polar surface area (TPSA) is 96.0 Å². The van der Waals surface area contributed by atoms with Crippen molar-refractivity contribution in [3.05, 3.63) is 78.3 Å². The number of benzene rings is 1. The lowest BCUT2D eigenvalue weighted by Gasteiger charge is -2.04. The van der Waals surface area contributed by atoms with E-state index in [1.54, 1.807) is 24.8 Å². The highest BCUT2D eigenvalue weighted by Gasteiger charge is 2.17. The van der Waals surface area contributed by atoms with E-state index in [4.69, 9.17) is 4.98 Å². The Morgan fingerprint density at radius 2 is 1.76 bits per heavy atom. The Kier molecular flexibility index (Phi) is 4.26. The number of pyridine rings is 3. The fraction of sp³-hybridized carbons (Fsp3) is 0.0800. The van der Waals surface area contributed by atoms with Crippen molar-refractivity contribution in [3.8, 4) is 33.9 Å². The summed E-state index contributed by atoms with van der Waals surface area (Å²) in [4.78, 5) is 21.3. The Morgan fingerprint density at radius 3 is 2.61 bits per heavy atom. The number of nitrogens with zero attached hydrogens (tertiary/aromatic N) is 5. The molecular weight excluding hydrogens is 417 g/mol. The van der Waals surface area contributed by atoms with E-state index in [1.807, 2.05) is 38.2 Å². The van der Waals surface area contributed by atoms with Crippen LogP contribution in [0.3, 0.4) is 0 Å². The van der Waals surface area contributed by atoms with E-state index < -0.39 is 0 Å². The molecule has 0 unspecified atom stereocenters. The van der Waals surface area contributed by atoms with Crippen LogP contribution >= 0.6 is 0 Å². The molecule has 8 heteroatoms. The molecule has 0 atom stereocenters. The predicted octanol–water partition coefficient (Wildman–Crippen LogP) is 5.38. The van der Waals surface area contributed by atoms with Gasteiger partial charge >= 0.3 is 0 Å². The summed E-state index contributed by atoms with van der Waals surface area (Å²) >= 11 is 0. The first-order valence-electron chi connectivity index (χ1n) is 10.4. The van der Waals surface area contributed by atoms with Gasteiger partial charge in [-0.3, -0.25) is 20.1 Å². The summed E-state index contributed by atoms with van der Waals surface area (Å²) in [6, 6.07) is 8.86. The minimum atomic E-state index is -0.290. The van der Waals surface area contributed by atoms with Crippen molar-refractivity contribution in [1.29, 1.82) is 0 Å². The zero-order valence-corrected chi connectivity index (χ0v) is 17.9. The van der Waals surface area contributed by atoms with E-state index in [1.165, 1.54) is 12.1 Å². The third-order valence-corrected chi connectivity index (χ3v) is 5.73. The number of rotatable bonds is 3. The van der Waals surface area contributed by atoms with Crippen LogP contribution in [-0.2, 0) is 0 Å². The third-order valence-electron chi connectivity index (χ3n) is 5.73. The van der Waals surface area contributed by atoms with Crippen LogP contribution in [0.15, 0.2) is 61.3 Å². The average molecular weight is 435 g/mol. The monoisotopic (exact) mass is 435 g/mol. The Hall–Kier alpha value is -4.46. The van der Waals surface area contributed by atoms with Crippen molar-refractivity contribution in [2.75, 3.05) is 0 Å². The number of hydrogen-bond acceptors (Lipinski definition) is 5. The molecule has 0 fully saturated rings. The minimum absolute atomic E-state index is 0.290. The fourth-order valence-corrected chi connectivity index (χ4v) is 4.12. The molecule has 0 radical (unpaired) electrons. The highest BCUT2D eigenvalue weighted by atomic mass is 19.1. The molecule has 5 heterocycles. The summed E-state index contributed by atoms with van der Waals surface area (Å²) in [5.74, 6) is 0.306. The van der Waals surface area contributed by atoms with Gasteiger partial charge in [0, 0.05) is 35.1 Å². The van der Waals surface area contributed by atoms with Gasteiger partial charge in [-0.2, -0.15) is 5.10 Å². The quantitative estimate of drug-likeness (QED) is 0.389. The van der Waals surface area contributed by atoms with Gasteiger partial charge in [0.05, 0.1) is 34.6 Å². The summed E-state index contributed by atoms with van der Waals surface area (Å²) in [5, 5.41) is 8.41. The third kappa shape index (κ3) is 3.23. The van der Waals surface area contributed by atoms with E-state index in [0.717, 1.165) is 49.9 Å². The predicted molar refractivity (Wildman–Crippen MR) is 125 cm³/mol. The normalized spacial score (nSPS) is 11.5. The van der Waals surface area contributed by atoms with Crippen molar-refractivity contribution in [3.63, 3.8) is 0 Å². The Morgan fingerprint density at radius 1 is 0.879 bits per heavy atom. The Labute approximate surface area is 187 Å². The molecule has 0 spiro atoms. The van der Waals surface area contributed by atoms with Crippen LogP contribution in [0.25, 0.3) is 55.8 Å². The van der Waals surface area contributed by atoms with Gasteiger partial charge < -0.3 is 4.98 Å². The van der Waals surface area contributed by atoms with E-state index in [2.05, 4.69) is 30.1 Å². The maximum Gasteiger partial charge on any atom is 0.159 e. The number of imidazole rings is 1. The van der Waals surface area contributed by atoms with Gasteiger partial charge in [0.2, 0.25) is 0 Å². The Bertz CT molecular complexity index is 1640. The van der Waals surface area contributed by atoms with Crippen molar-refractivity contribution in [2.45, 2.75) is 13.8 Å². The maximum atomic E-state index is 14.0. The Balaban J connectivity index is 1.52. The van der Waals surface area contributed by atoms with E-state index in [-0.39, 0.29) is 5.82 Å². The molecule has 0 amide bonds. The first-order valence-corrected chi connectivity index (χ1v) is 10.4. The number of hydrogen-bond donors (Lipinski definition) is 2. The molecule has 7 nitrogen and oxygen atoms in total. The zero-order valence-electron chi connectivity index (χ0n) is 17.9. The second-order valence-corrected chi connectivity index (χ2v) is 8.06. The van der Waals surface area contributed by atoms with E-state index >= 15 is 0 Å². The van der Waals surface area contributed by atoms with Crippen LogP contribution in [0.2, 0.25) is 0 Å². The number of fused-ring (bicyclic) bond motifs is 2. The van der Waals surface area contributed by atoms with Crippen molar-refractivity contribution in [2.24, 2.45) is 0 Å². The molecule has 0 bridgehead atoms. The lowest BCUT2D eigenvalue weighted by molar-refractivity contribution is 0.627. The first kappa shape index (κ1) is 19.2. The summed E-state index contributed by atoms with van der Waals surface area (Å²) in [5.41, 5.74) is 8.11. The number of aromatic amines is 2. The van der Waals surface area contributed by atoms with Crippen molar-refractivity contribution in [1.82, 2.24) is 35.1 Å². The van der Waals surface area contributed by atoms with Gasteiger partial charge in [-0.1, -0.05) is 6.07 Å². The molecule has 0 aliphatic rings. The number of H-pyrrole nitrogens is 2. The summed E-state index contributed by atoms with van der Waals surface area (Å²) < 4.78 is 14.0. The molecule has 0 saturated heterocycles. The molecule has 6 aromatic rings. The van der Waals surface area contributed by atoms with Crippen molar-refractivity contribution >= 4 is 21.9 Å². The lowest BCUT2D eigenvalue weighted by Crippen LogP contribution is -1.89. The van der Waals surface area contributed by atoms with Crippen LogP contribution in [0.5, 0.6) is 0 Å². The van der Waals surface area contributed by atoms with E-state index in [9.17, 15) is 4.39 Å². The highest BCUT2D eigenvalue weighted by Crippen LogP contribution is 2.32. The smallest absolute Gasteiger partial charge is 0.159 e. The van der Waals surface area contributed by atoms with Crippen LogP contribution in [0.4, 0.5) is 4.39 Å². The fourth-order valence-electron chi connectivity index (χ4n) is 4.12. The number of halogens is 1. The molecule has 6 rings (SSSR count). The summed E-state index contributed by atoms with van der Waals surface area (Å²) in [6.07, 6.45) is 8.75. The van der Waals surface area contributed by atoms with Gasteiger partial charge in [0.25, 0.3) is 0 Å². The summed E-state index contributed by atoms with van der Waals surface area (Å²) in [6.45, 7) is 3.89. The molecule has 1 aromatic carbocycles. The molecule has 160 valence electrons. The standard InChI is InChI=1S/C25H18FN7/c1-13-5-15(7-16(26)6-13)19-10-28-11-22-23(19)31-25(30-22)24-17-8-20(29-12-21(17)32-33-24)18-9-27-4-3-14(18)2/h3-12H,1-2H3,(H,30,31)(H,32,33). The molecule has 0 aliphatic carbocycles. The van der Waals surface area contributed by atoms with Gasteiger partial charge in [-0.15, -0.1) is 0 Å². The van der Waals surface area contributed by atoms with Crippen molar-refractivity contribution < 1.29 is 4.39 Å². The van der Waals surface area contributed by atoms with Crippen LogP contribution in [0, 0.1) is 19.7 Å². The maximum absolute atomic E-state index is 14.0. The average Bonchev–Trinajstić information content (AvgIpc) is 3.42. The largest absolute Gasteiger partial charge is 0.335 e. The van der Waals surface area contributed by atoms with Crippen LogP contribution < -0.4 is 0 Å². The van der Waals surface area contributed by atoms with Gasteiger partial charge in [0.15, 0.2) is 5.82 Å². The molecule has 0 aliphatic heterocycles. The molecule has 33 heavy (non-hydrogen) atoms. The number of aryl methyl sites for hydroxylation is 2. The minimum Gasteiger partial charge on any atom is -0.335 e. The summed E-state index contributed by atoms with van der Waals surface area (Å²) in [7, 11) is 0.